The second-order valence-corrected chi connectivity index (χ2v) is 3.72. The van der Waals surface area contributed by atoms with Crippen molar-refractivity contribution in [2.24, 2.45) is 0 Å². The van der Waals surface area contributed by atoms with Crippen LogP contribution in [0.25, 0.3) is 0 Å². The van der Waals surface area contributed by atoms with E-state index in [-0.39, 0.29) is 17.8 Å². The summed E-state index contributed by atoms with van der Waals surface area (Å²) in [6.07, 6.45) is 1.37. The lowest BCUT2D eigenvalue weighted by Gasteiger charge is -2.27. The maximum Gasteiger partial charge on any atom is 0.291 e. The number of H-pyrrole nitrogens is 1. The fourth-order valence-electron chi connectivity index (χ4n) is 1.61. The highest BCUT2D eigenvalue weighted by molar-refractivity contribution is 5.90. The number of ether oxygens (including phenoxy) is 1. The number of aromatic nitrogens is 3. The Balaban J connectivity index is 1.87. The minimum Gasteiger partial charge on any atom is -0.374 e. The van der Waals surface area contributed by atoms with E-state index >= 15 is 0 Å². The highest BCUT2D eigenvalue weighted by atomic mass is 16.5. The second kappa shape index (κ2) is 5.04. The smallest absolute Gasteiger partial charge is 0.291 e. The van der Waals surface area contributed by atoms with E-state index in [0.717, 1.165) is 13.1 Å². The lowest BCUT2D eigenvalue weighted by atomic mass is 10.3. The standard InChI is InChI=1S/C9H15N5O2/c1-14(5-7-4-10-2-3-16-7)9(15)8-11-6-12-13-8/h6-7,10H,2-5H2,1H3,(H,11,12,13). The van der Waals surface area contributed by atoms with Gasteiger partial charge in [0, 0.05) is 26.7 Å². The lowest BCUT2D eigenvalue weighted by molar-refractivity contribution is 0.0101. The van der Waals surface area contributed by atoms with E-state index in [1.54, 1.807) is 11.9 Å². The molecule has 1 unspecified atom stereocenters. The molecule has 1 aromatic heterocycles. The Kier molecular flexibility index (Phi) is 3.47. The number of aromatic amines is 1. The summed E-state index contributed by atoms with van der Waals surface area (Å²) in [5, 5.41) is 9.41. The molecule has 16 heavy (non-hydrogen) atoms. The number of rotatable bonds is 3. The van der Waals surface area contributed by atoms with Crippen LogP contribution < -0.4 is 5.32 Å². The van der Waals surface area contributed by atoms with Gasteiger partial charge in [-0.25, -0.2) is 4.98 Å². The molecule has 0 spiro atoms. The maximum atomic E-state index is 11.8. The van der Waals surface area contributed by atoms with E-state index in [1.807, 2.05) is 0 Å². The molecule has 0 aliphatic carbocycles. The zero-order chi connectivity index (χ0) is 11.4. The minimum atomic E-state index is -0.174. The van der Waals surface area contributed by atoms with Gasteiger partial charge in [0.05, 0.1) is 12.7 Å². The molecule has 1 atom stereocenters. The molecule has 1 amide bonds. The number of hydrogen-bond acceptors (Lipinski definition) is 5. The third-order valence-corrected chi connectivity index (χ3v) is 2.45. The van der Waals surface area contributed by atoms with Crippen molar-refractivity contribution in [2.45, 2.75) is 6.10 Å². The van der Waals surface area contributed by atoms with Gasteiger partial charge in [0.2, 0.25) is 5.82 Å². The Morgan fingerprint density at radius 1 is 1.75 bits per heavy atom. The first kappa shape index (κ1) is 11.0. The summed E-state index contributed by atoms with van der Waals surface area (Å²) in [5.41, 5.74) is 0. The van der Waals surface area contributed by atoms with Crippen molar-refractivity contribution >= 4 is 5.91 Å². The predicted molar refractivity (Wildman–Crippen MR) is 56.0 cm³/mol. The maximum absolute atomic E-state index is 11.8. The molecule has 2 N–H and O–H groups in total. The molecule has 1 aromatic rings. The fraction of sp³-hybridized carbons (Fsp3) is 0.667. The van der Waals surface area contributed by atoms with Crippen molar-refractivity contribution in [3.63, 3.8) is 0 Å². The summed E-state index contributed by atoms with van der Waals surface area (Å²) in [6, 6.07) is 0. The van der Waals surface area contributed by atoms with Gasteiger partial charge in [-0.15, -0.1) is 0 Å². The Morgan fingerprint density at radius 2 is 2.62 bits per heavy atom. The lowest BCUT2D eigenvalue weighted by Crippen LogP contribution is -2.45. The number of amides is 1. The summed E-state index contributed by atoms with van der Waals surface area (Å²) in [4.78, 5) is 17.2. The topological polar surface area (TPSA) is 83.1 Å². The zero-order valence-corrected chi connectivity index (χ0v) is 9.14. The van der Waals surface area contributed by atoms with Gasteiger partial charge in [-0.1, -0.05) is 0 Å². The van der Waals surface area contributed by atoms with Crippen LogP contribution in [0.4, 0.5) is 0 Å². The summed E-state index contributed by atoms with van der Waals surface area (Å²) in [7, 11) is 1.73. The molecule has 88 valence electrons. The molecule has 0 aromatic carbocycles. The Hall–Kier alpha value is -1.47. The van der Waals surface area contributed by atoms with Gasteiger partial charge in [0.25, 0.3) is 5.91 Å². The first-order chi connectivity index (χ1) is 7.77. The van der Waals surface area contributed by atoms with Crippen LogP contribution in [0.1, 0.15) is 10.6 Å². The molecule has 2 rings (SSSR count). The minimum absolute atomic E-state index is 0.0469. The fourth-order valence-corrected chi connectivity index (χ4v) is 1.61. The quantitative estimate of drug-likeness (QED) is 0.679. The Bertz CT molecular complexity index is 334. The van der Waals surface area contributed by atoms with Crippen LogP contribution in [0.15, 0.2) is 6.33 Å². The third kappa shape index (κ3) is 2.56. The second-order valence-electron chi connectivity index (χ2n) is 3.72. The van der Waals surface area contributed by atoms with Crippen molar-refractivity contribution in [2.75, 3.05) is 33.3 Å². The monoisotopic (exact) mass is 225 g/mol. The van der Waals surface area contributed by atoms with Crippen LogP contribution in [0.5, 0.6) is 0 Å². The van der Waals surface area contributed by atoms with Gasteiger partial charge in [-0.05, 0) is 0 Å². The molecule has 1 aliphatic heterocycles. The van der Waals surface area contributed by atoms with Crippen LogP contribution in [-0.2, 0) is 4.74 Å². The van der Waals surface area contributed by atoms with Gasteiger partial charge in [0.1, 0.15) is 6.33 Å². The van der Waals surface area contributed by atoms with E-state index < -0.39 is 0 Å². The van der Waals surface area contributed by atoms with E-state index in [1.165, 1.54) is 6.33 Å². The van der Waals surface area contributed by atoms with E-state index in [2.05, 4.69) is 20.5 Å². The molecule has 0 bridgehead atoms. The molecular formula is C9H15N5O2. The summed E-state index contributed by atoms with van der Waals surface area (Å²) in [5.74, 6) is 0.0814. The molecule has 1 saturated heterocycles. The Morgan fingerprint density at radius 3 is 3.25 bits per heavy atom. The Labute approximate surface area is 93.2 Å². The number of hydrogen-bond donors (Lipinski definition) is 2. The number of morpholine rings is 1. The highest BCUT2D eigenvalue weighted by Crippen LogP contribution is 2.01. The van der Waals surface area contributed by atoms with Gasteiger partial charge >= 0.3 is 0 Å². The summed E-state index contributed by atoms with van der Waals surface area (Å²) >= 11 is 0. The summed E-state index contributed by atoms with van der Waals surface area (Å²) in [6.45, 7) is 2.88. The number of nitrogens with zero attached hydrogens (tertiary/aromatic N) is 3. The largest absolute Gasteiger partial charge is 0.374 e. The van der Waals surface area contributed by atoms with Crippen molar-refractivity contribution in [3.8, 4) is 0 Å². The molecular weight excluding hydrogens is 210 g/mol. The van der Waals surface area contributed by atoms with E-state index in [4.69, 9.17) is 4.74 Å². The highest BCUT2D eigenvalue weighted by Gasteiger charge is 2.20. The molecule has 1 fully saturated rings. The zero-order valence-electron chi connectivity index (χ0n) is 9.14. The van der Waals surface area contributed by atoms with Crippen molar-refractivity contribution in [3.05, 3.63) is 12.2 Å². The molecule has 7 nitrogen and oxygen atoms in total. The SMILES string of the molecule is CN(CC1CNCCO1)C(=O)c1ncn[nH]1. The molecule has 0 radical (unpaired) electrons. The van der Waals surface area contributed by atoms with Crippen LogP contribution >= 0.6 is 0 Å². The average Bonchev–Trinajstić information content (AvgIpc) is 2.83. The number of carbonyl (C=O) groups is 1. The average molecular weight is 225 g/mol. The first-order valence-corrected chi connectivity index (χ1v) is 5.20. The molecule has 0 saturated carbocycles. The van der Waals surface area contributed by atoms with Gasteiger partial charge in [-0.3, -0.25) is 9.89 Å². The predicted octanol–water partition coefficient (Wildman–Crippen LogP) is -1.13. The molecule has 2 heterocycles. The first-order valence-electron chi connectivity index (χ1n) is 5.20. The molecule has 7 heteroatoms. The van der Waals surface area contributed by atoms with Crippen LogP contribution in [0, 0.1) is 0 Å². The van der Waals surface area contributed by atoms with Gasteiger partial charge in [0.15, 0.2) is 0 Å². The van der Waals surface area contributed by atoms with E-state index in [9.17, 15) is 4.79 Å². The van der Waals surface area contributed by atoms with E-state index in [0.29, 0.717) is 13.2 Å². The van der Waals surface area contributed by atoms with Crippen molar-refractivity contribution in [1.29, 1.82) is 0 Å². The number of nitrogens with one attached hydrogen (secondary N) is 2. The van der Waals surface area contributed by atoms with Crippen LogP contribution in [-0.4, -0.2) is 65.4 Å². The van der Waals surface area contributed by atoms with Crippen LogP contribution in [0.2, 0.25) is 0 Å². The summed E-state index contributed by atoms with van der Waals surface area (Å²) < 4.78 is 5.51. The number of carbonyl (C=O) groups excluding carboxylic acids is 1. The third-order valence-electron chi connectivity index (χ3n) is 2.45. The number of likely N-dealkylation sites (N-methyl/N-ethyl adjacent to an activating group) is 1. The molecule has 1 aliphatic rings. The van der Waals surface area contributed by atoms with Gasteiger partial charge < -0.3 is 15.0 Å². The van der Waals surface area contributed by atoms with Crippen LogP contribution in [0.3, 0.4) is 0 Å². The van der Waals surface area contributed by atoms with Crippen molar-refractivity contribution < 1.29 is 9.53 Å². The normalized spacial score (nSPS) is 20.7. The van der Waals surface area contributed by atoms with Crippen molar-refractivity contribution in [1.82, 2.24) is 25.4 Å². The van der Waals surface area contributed by atoms with Gasteiger partial charge in [-0.2, -0.15) is 5.10 Å².